The highest BCUT2D eigenvalue weighted by molar-refractivity contribution is 7.89. The van der Waals surface area contributed by atoms with Gasteiger partial charge in [0.15, 0.2) is 0 Å². The van der Waals surface area contributed by atoms with E-state index in [0.29, 0.717) is 22.8 Å². The molecule has 1 aliphatic carbocycles. The average molecular weight is 311 g/mol. The molecule has 1 aromatic carbocycles. The Morgan fingerprint density at radius 1 is 1.33 bits per heavy atom. The van der Waals surface area contributed by atoms with Gasteiger partial charge in [0.05, 0.1) is 11.5 Å². The van der Waals surface area contributed by atoms with Crippen LogP contribution in [0.25, 0.3) is 0 Å². The number of aliphatic hydroxyl groups excluding tert-OH is 1. The maximum atomic E-state index is 12.7. The number of hydrogen-bond acceptors (Lipinski definition) is 3. The van der Waals surface area contributed by atoms with Crippen molar-refractivity contribution in [3.63, 3.8) is 0 Å². The van der Waals surface area contributed by atoms with Crippen LogP contribution in [0.5, 0.6) is 0 Å². The Bertz CT molecular complexity index is 579. The molecule has 0 saturated heterocycles. The fourth-order valence-corrected chi connectivity index (χ4v) is 4.27. The minimum absolute atomic E-state index is 0.00462. The summed E-state index contributed by atoms with van der Waals surface area (Å²) in [5, 5.41) is 9.23. The van der Waals surface area contributed by atoms with Crippen LogP contribution in [0.4, 0.5) is 0 Å². The number of benzene rings is 1. The third kappa shape index (κ3) is 4.28. The second kappa shape index (κ2) is 6.90. The standard InChI is InChI=1S/C16H25NO3S/c1-3-14-8-7-13(11-18)10-16(14)21(19,20)17-15(4-2)9-12-5-6-12/h7-8,10,12,15,17-18H,3-6,9,11H2,1-2H3. The Morgan fingerprint density at radius 3 is 2.57 bits per heavy atom. The van der Waals surface area contributed by atoms with Gasteiger partial charge in [0.25, 0.3) is 0 Å². The van der Waals surface area contributed by atoms with Gasteiger partial charge in [-0.15, -0.1) is 0 Å². The molecule has 1 unspecified atom stereocenters. The normalized spacial score (nSPS) is 16.9. The number of nitrogens with one attached hydrogen (secondary N) is 1. The minimum Gasteiger partial charge on any atom is -0.392 e. The van der Waals surface area contributed by atoms with E-state index in [-0.39, 0.29) is 12.6 Å². The molecule has 2 N–H and O–H groups in total. The highest BCUT2D eigenvalue weighted by atomic mass is 32.2. The number of aryl methyl sites for hydroxylation is 1. The van der Waals surface area contributed by atoms with Gasteiger partial charge in [0.2, 0.25) is 10.0 Å². The van der Waals surface area contributed by atoms with Crippen molar-refractivity contribution in [2.75, 3.05) is 0 Å². The van der Waals surface area contributed by atoms with Gasteiger partial charge < -0.3 is 5.11 Å². The summed E-state index contributed by atoms with van der Waals surface area (Å²) >= 11 is 0. The molecular weight excluding hydrogens is 286 g/mol. The summed E-state index contributed by atoms with van der Waals surface area (Å²) in [6, 6.07) is 5.16. The Morgan fingerprint density at radius 2 is 2.05 bits per heavy atom. The lowest BCUT2D eigenvalue weighted by atomic mass is 10.1. The van der Waals surface area contributed by atoms with Crippen molar-refractivity contribution < 1.29 is 13.5 Å². The number of aliphatic hydroxyl groups is 1. The van der Waals surface area contributed by atoms with Gasteiger partial charge >= 0.3 is 0 Å². The second-order valence-corrected chi connectivity index (χ2v) is 7.54. The molecule has 0 amide bonds. The van der Waals surface area contributed by atoms with Gasteiger partial charge in [-0.05, 0) is 42.4 Å². The SMILES string of the molecule is CCc1ccc(CO)cc1S(=O)(=O)NC(CC)CC1CC1. The van der Waals surface area contributed by atoms with Crippen molar-refractivity contribution in [2.45, 2.75) is 63.5 Å². The molecule has 0 spiro atoms. The number of hydrogen-bond donors (Lipinski definition) is 2. The third-order valence-corrected chi connectivity index (χ3v) is 5.72. The van der Waals surface area contributed by atoms with E-state index in [4.69, 9.17) is 0 Å². The zero-order valence-electron chi connectivity index (χ0n) is 12.8. The summed E-state index contributed by atoms with van der Waals surface area (Å²) in [4.78, 5) is 0.311. The summed E-state index contributed by atoms with van der Waals surface area (Å²) in [6.07, 6.45) is 4.83. The van der Waals surface area contributed by atoms with Crippen LogP contribution in [0.15, 0.2) is 23.1 Å². The number of sulfonamides is 1. The summed E-state index contributed by atoms with van der Waals surface area (Å²) in [6.45, 7) is 3.81. The highest BCUT2D eigenvalue weighted by Gasteiger charge is 2.28. The van der Waals surface area contributed by atoms with Crippen LogP contribution in [0, 0.1) is 5.92 Å². The molecule has 1 aliphatic rings. The Balaban J connectivity index is 2.24. The van der Waals surface area contributed by atoms with E-state index >= 15 is 0 Å². The largest absolute Gasteiger partial charge is 0.392 e. The van der Waals surface area contributed by atoms with Crippen LogP contribution >= 0.6 is 0 Å². The Hall–Kier alpha value is -0.910. The van der Waals surface area contributed by atoms with Crippen molar-refractivity contribution in [3.8, 4) is 0 Å². The zero-order chi connectivity index (χ0) is 15.5. The van der Waals surface area contributed by atoms with Gasteiger partial charge in [0, 0.05) is 6.04 Å². The molecule has 21 heavy (non-hydrogen) atoms. The average Bonchev–Trinajstić information content (AvgIpc) is 3.29. The van der Waals surface area contributed by atoms with Crippen molar-refractivity contribution >= 4 is 10.0 Å². The molecule has 0 bridgehead atoms. The maximum absolute atomic E-state index is 12.7. The lowest BCUT2D eigenvalue weighted by molar-refractivity contribution is 0.281. The zero-order valence-corrected chi connectivity index (χ0v) is 13.6. The molecule has 0 aliphatic heterocycles. The lowest BCUT2D eigenvalue weighted by Gasteiger charge is -2.18. The topological polar surface area (TPSA) is 66.4 Å². The van der Waals surface area contributed by atoms with Crippen LogP contribution in [0.3, 0.4) is 0 Å². The molecular formula is C16H25NO3S. The summed E-state index contributed by atoms with van der Waals surface area (Å²) in [5.74, 6) is 0.687. The van der Waals surface area contributed by atoms with E-state index in [1.807, 2.05) is 13.8 Å². The van der Waals surface area contributed by atoms with Gasteiger partial charge in [-0.1, -0.05) is 38.8 Å². The first-order chi connectivity index (χ1) is 10.00. The molecule has 0 radical (unpaired) electrons. The summed E-state index contributed by atoms with van der Waals surface area (Å²) in [7, 11) is -3.53. The van der Waals surface area contributed by atoms with E-state index in [0.717, 1.165) is 18.4 Å². The molecule has 0 heterocycles. The van der Waals surface area contributed by atoms with E-state index in [2.05, 4.69) is 4.72 Å². The van der Waals surface area contributed by atoms with Crippen molar-refractivity contribution in [3.05, 3.63) is 29.3 Å². The molecule has 4 nitrogen and oxygen atoms in total. The van der Waals surface area contributed by atoms with Crippen LogP contribution in [0.2, 0.25) is 0 Å². The molecule has 2 rings (SSSR count). The molecule has 1 aromatic rings. The molecule has 1 saturated carbocycles. The predicted molar refractivity (Wildman–Crippen MR) is 83.5 cm³/mol. The van der Waals surface area contributed by atoms with Crippen molar-refractivity contribution in [1.82, 2.24) is 4.72 Å². The molecule has 0 aromatic heterocycles. The third-order valence-electron chi connectivity index (χ3n) is 4.11. The fraction of sp³-hybridized carbons (Fsp3) is 0.625. The highest BCUT2D eigenvalue weighted by Crippen LogP contribution is 2.34. The summed E-state index contributed by atoms with van der Waals surface area (Å²) < 4.78 is 28.2. The van der Waals surface area contributed by atoms with Crippen molar-refractivity contribution in [1.29, 1.82) is 0 Å². The number of rotatable bonds is 8. The molecule has 1 atom stereocenters. The molecule has 5 heteroatoms. The Labute approximate surface area is 127 Å². The first-order valence-electron chi connectivity index (χ1n) is 7.75. The molecule has 1 fully saturated rings. The van der Waals surface area contributed by atoms with Gasteiger partial charge in [0.1, 0.15) is 0 Å². The first kappa shape index (κ1) is 16.5. The quantitative estimate of drug-likeness (QED) is 0.775. The van der Waals surface area contributed by atoms with E-state index in [9.17, 15) is 13.5 Å². The van der Waals surface area contributed by atoms with Crippen LogP contribution in [-0.4, -0.2) is 19.6 Å². The maximum Gasteiger partial charge on any atom is 0.241 e. The summed E-state index contributed by atoms with van der Waals surface area (Å²) in [5.41, 5.74) is 1.42. The predicted octanol–water partition coefficient (Wildman–Crippen LogP) is 2.60. The first-order valence-corrected chi connectivity index (χ1v) is 9.23. The second-order valence-electron chi connectivity index (χ2n) is 5.86. The van der Waals surface area contributed by atoms with Crippen LogP contribution in [0.1, 0.15) is 50.7 Å². The van der Waals surface area contributed by atoms with E-state index in [1.165, 1.54) is 12.8 Å². The smallest absolute Gasteiger partial charge is 0.241 e. The van der Waals surface area contributed by atoms with Crippen LogP contribution < -0.4 is 4.72 Å². The molecule has 118 valence electrons. The van der Waals surface area contributed by atoms with Gasteiger partial charge in [-0.2, -0.15) is 0 Å². The van der Waals surface area contributed by atoms with E-state index in [1.54, 1.807) is 18.2 Å². The van der Waals surface area contributed by atoms with Crippen molar-refractivity contribution in [2.24, 2.45) is 5.92 Å². The van der Waals surface area contributed by atoms with E-state index < -0.39 is 10.0 Å². The van der Waals surface area contributed by atoms with Gasteiger partial charge in [-0.3, -0.25) is 0 Å². The Kier molecular flexibility index (Phi) is 5.41. The monoisotopic (exact) mass is 311 g/mol. The lowest BCUT2D eigenvalue weighted by Crippen LogP contribution is -2.35. The van der Waals surface area contributed by atoms with Crippen LogP contribution in [-0.2, 0) is 23.1 Å². The fourth-order valence-electron chi connectivity index (χ4n) is 2.58. The van der Waals surface area contributed by atoms with Gasteiger partial charge in [-0.25, -0.2) is 13.1 Å². The minimum atomic E-state index is -3.53.